The monoisotopic (exact) mass is 728 g/mol. The van der Waals surface area contributed by atoms with Gasteiger partial charge in [-0.3, -0.25) is 4.79 Å². The van der Waals surface area contributed by atoms with Crippen molar-refractivity contribution in [3.05, 3.63) is 69.5 Å². The average molecular weight is 730 g/mol. The van der Waals surface area contributed by atoms with Crippen molar-refractivity contribution in [2.75, 3.05) is 41.3 Å². The summed E-state index contributed by atoms with van der Waals surface area (Å²) in [7, 11) is 0. The Morgan fingerprint density at radius 1 is 0.915 bits per heavy atom. The molecule has 0 radical (unpaired) electrons. The molecule has 1 atom stereocenters. The molecule has 2 fully saturated rings. The number of benzene rings is 1. The van der Waals surface area contributed by atoms with Gasteiger partial charge >= 0.3 is 6.09 Å². The summed E-state index contributed by atoms with van der Waals surface area (Å²) in [5.74, 6) is 0.108. The number of aliphatic hydroxyl groups is 2. The summed E-state index contributed by atoms with van der Waals surface area (Å²) in [6.45, 7) is 10.4. The summed E-state index contributed by atoms with van der Waals surface area (Å²) in [4.78, 5) is 40.2. The van der Waals surface area contributed by atoms with Crippen molar-refractivity contribution in [1.82, 2.24) is 14.9 Å². The molecule has 0 saturated carbocycles. The minimum atomic E-state index is -0.727. The van der Waals surface area contributed by atoms with Gasteiger partial charge in [-0.1, -0.05) is 11.6 Å². The van der Waals surface area contributed by atoms with Gasteiger partial charge in [-0.25, -0.2) is 19.7 Å². The van der Waals surface area contributed by atoms with Crippen LogP contribution in [0.2, 0.25) is 5.02 Å². The normalized spacial score (nSPS) is 18.9. The van der Waals surface area contributed by atoms with Crippen LogP contribution in [0, 0.1) is 0 Å². The fourth-order valence-corrected chi connectivity index (χ4v) is 6.45. The largest absolute Gasteiger partial charge is 0.443 e. The average Bonchev–Trinajstić information content (AvgIpc) is 3.30. The van der Waals surface area contributed by atoms with Crippen molar-refractivity contribution < 1.29 is 24.5 Å². The molecule has 3 aliphatic rings. The Morgan fingerprint density at radius 3 is 1.96 bits per heavy atom. The van der Waals surface area contributed by atoms with Gasteiger partial charge in [0.15, 0.2) is 0 Å². The van der Waals surface area contributed by atoms with E-state index in [0.29, 0.717) is 27.7 Å². The van der Waals surface area contributed by atoms with E-state index in [4.69, 9.17) is 16.3 Å². The number of anilines is 4. The molecule has 2 amide bonds. The minimum Gasteiger partial charge on any atom is -0.443 e. The van der Waals surface area contributed by atoms with Crippen LogP contribution in [-0.4, -0.2) is 81.1 Å². The number of rotatable bonds is 4. The molecule has 47 heavy (non-hydrogen) atoms. The van der Waals surface area contributed by atoms with Crippen molar-refractivity contribution in [2.24, 2.45) is 0 Å². The quantitative estimate of drug-likeness (QED) is 0.250. The van der Waals surface area contributed by atoms with Crippen LogP contribution in [0.4, 0.5) is 27.7 Å². The Hall–Kier alpha value is -3.45. The topological polar surface area (TPSA) is 131 Å². The Balaban J connectivity index is 0.000000257. The molecule has 13 heteroatoms. The molecule has 1 aromatic carbocycles. The molecule has 0 spiro atoms. The number of amides is 2. The summed E-state index contributed by atoms with van der Waals surface area (Å²) in [5.41, 5.74) is 2.85. The third kappa shape index (κ3) is 8.53. The first-order chi connectivity index (χ1) is 22.3. The number of pyridine rings is 2. The summed E-state index contributed by atoms with van der Waals surface area (Å²) in [6, 6.07) is 10.7. The first kappa shape index (κ1) is 34.9. The highest BCUT2D eigenvalue weighted by atomic mass is 79.9. The molecule has 252 valence electrons. The molecule has 6 rings (SSSR count). The number of halogens is 2. The highest BCUT2D eigenvalue weighted by Gasteiger charge is 2.43. The van der Waals surface area contributed by atoms with E-state index in [9.17, 15) is 19.8 Å². The van der Waals surface area contributed by atoms with Crippen molar-refractivity contribution in [3.8, 4) is 0 Å². The molecular formula is C34H42BrClN6O5. The van der Waals surface area contributed by atoms with Gasteiger partial charge in [-0.2, -0.15) is 0 Å². The molecule has 3 aromatic rings. The van der Waals surface area contributed by atoms with Gasteiger partial charge in [0.2, 0.25) is 0 Å². The number of hydrogen-bond acceptors (Lipinski definition) is 10. The molecule has 2 aromatic heterocycles. The SMILES string of the molecule is CC1c2c(Cl)ccc(Nc3ccc(N4CCC(O)CC4)cn3)c2C(=O)N1C(=O)OC(C)(C)C.OC1CCN(c2ccc(Br)nc2)CC1. The van der Waals surface area contributed by atoms with Crippen LogP contribution in [0.15, 0.2) is 53.4 Å². The lowest BCUT2D eigenvalue weighted by atomic mass is 10.0. The number of imide groups is 1. The number of nitrogens with one attached hydrogen (secondary N) is 1. The van der Waals surface area contributed by atoms with Gasteiger partial charge in [0.05, 0.1) is 53.3 Å². The van der Waals surface area contributed by atoms with Crippen LogP contribution in [0.3, 0.4) is 0 Å². The van der Waals surface area contributed by atoms with E-state index >= 15 is 0 Å². The lowest BCUT2D eigenvalue weighted by molar-refractivity contribution is 0.0203. The zero-order chi connectivity index (χ0) is 33.9. The van der Waals surface area contributed by atoms with Crippen LogP contribution in [0.5, 0.6) is 0 Å². The maximum Gasteiger partial charge on any atom is 0.417 e. The first-order valence-corrected chi connectivity index (χ1v) is 17.1. The molecule has 0 aliphatic carbocycles. The van der Waals surface area contributed by atoms with Crippen molar-refractivity contribution in [2.45, 2.75) is 77.2 Å². The third-order valence-electron chi connectivity index (χ3n) is 8.40. The zero-order valence-corrected chi connectivity index (χ0v) is 29.5. The number of ether oxygens (including phenoxy) is 1. The van der Waals surface area contributed by atoms with Crippen LogP contribution in [0.25, 0.3) is 0 Å². The maximum absolute atomic E-state index is 13.3. The van der Waals surface area contributed by atoms with E-state index in [1.165, 1.54) is 0 Å². The number of carbonyl (C=O) groups excluding carboxylic acids is 2. The maximum atomic E-state index is 13.3. The minimum absolute atomic E-state index is 0.116. The zero-order valence-electron chi connectivity index (χ0n) is 27.1. The highest BCUT2D eigenvalue weighted by molar-refractivity contribution is 9.10. The molecule has 5 heterocycles. The van der Waals surface area contributed by atoms with E-state index in [2.05, 4.69) is 47.1 Å². The molecule has 0 bridgehead atoms. The molecule has 2 saturated heterocycles. The molecule has 3 aliphatic heterocycles. The Kier molecular flexibility index (Phi) is 11.0. The second-order valence-electron chi connectivity index (χ2n) is 13.0. The van der Waals surface area contributed by atoms with Crippen LogP contribution in [0.1, 0.15) is 75.3 Å². The van der Waals surface area contributed by atoms with E-state index < -0.39 is 23.6 Å². The Morgan fingerprint density at radius 2 is 1.47 bits per heavy atom. The summed E-state index contributed by atoms with van der Waals surface area (Å²) in [6.07, 6.45) is 5.78. The number of carbonyl (C=O) groups is 2. The van der Waals surface area contributed by atoms with Crippen molar-refractivity contribution in [3.63, 3.8) is 0 Å². The highest BCUT2D eigenvalue weighted by Crippen LogP contribution is 2.43. The first-order valence-electron chi connectivity index (χ1n) is 15.9. The number of aromatic nitrogens is 2. The van der Waals surface area contributed by atoms with Gasteiger partial charge in [0.1, 0.15) is 16.0 Å². The Labute approximate surface area is 289 Å². The van der Waals surface area contributed by atoms with Gasteiger partial charge in [0.25, 0.3) is 5.91 Å². The fourth-order valence-electron chi connectivity index (χ4n) is 5.90. The number of piperidine rings is 2. The summed E-state index contributed by atoms with van der Waals surface area (Å²) in [5, 5.41) is 22.7. The number of nitrogens with zero attached hydrogens (tertiary/aromatic N) is 5. The van der Waals surface area contributed by atoms with Gasteiger partial charge < -0.3 is 30.1 Å². The van der Waals surface area contributed by atoms with Crippen LogP contribution >= 0.6 is 27.5 Å². The van der Waals surface area contributed by atoms with Gasteiger partial charge in [-0.05, 0) is 106 Å². The smallest absolute Gasteiger partial charge is 0.417 e. The second kappa shape index (κ2) is 14.8. The van der Waals surface area contributed by atoms with Crippen LogP contribution < -0.4 is 15.1 Å². The second-order valence-corrected chi connectivity index (χ2v) is 14.2. The van der Waals surface area contributed by atoms with Crippen molar-refractivity contribution in [1.29, 1.82) is 0 Å². The molecular weight excluding hydrogens is 688 g/mol. The molecule has 11 nitrogen and oxygen atoms in total. The number of hydrogen-bond donors (Lipinski definition) is 3. The number of fused-ring (bicyclic) bond motifs is 1. The van der Waals surface area contributed by atoms with E-state index in [-0.39, 0.29) is 12.2 Å². The molecule has 3 N–H and O–H groups in total. The standard InChI is InChI=1S/C24H29ClN4O4.C10H13BrN2O/c1-14-20-17(25)6-7-18(21(20)22(31)29(14)23(32)33-24(2,3)4)27-19-8-5-15(13-26-19)28-11-9-16(30)10-12-28;11-10-2-1-8(7-12-10)13-5-3-9(14)4-6-13/h5-8,13-14,16,30H,9-12H2,1-4H3,(H,26,27);1-2,7,9,14H,3-6H2. The Bertz CT molecular complexity index is 1550. The lowest BCUT2D eigenvalue weighted by Crippen LogP contribution is -2.38. The lowest BCUT2D eigenvalue weighted by Gasteiger charge is -2.31. The molecule has 1 unspecified atom stereocenters. The van der Waals surface area contributed by atoms with E-state index in [1.54, 1.807) is 46.0 Å². The fraction of sp³-hybridized carbons (Fsp3) is 0.471. The van der Waals surface area contributed by atoms with Gasteiger partial charge in [-0.15, -0.1) is 0 Å². The summed E-state index contributed by atoms with van der Waals surface area (Å²) >= 11 is 9.74. The number of aliphatic hydroxyl groups excluding tert-OH is 2. The summed E-state index contributed by atoms with van der Waals surface area (Å²) < 4.78 is 6.30. The third-order valence-corrected chi connectivity index (χ3v) is 9.20. The predicted molar refractivity (Wildman–Crippen MR) is 187 cm³/mol. The van der Waals surface area contributed by atoms with E-state index in [0.717, 1.165) is 72.7 Å². The predicted octanol–water partition coefficient (Wildman–Crippen LogP) is 6.70. The van der Waals surface area contributed by atoms with E-state index in [1.807, 2.05) is 24.4 Å². The van der Waals surface area contributed by atoms with Crippen molar-refractivity contribution >= 4 is 62.4 Å². The van der Waals surface area contributed by atoms with Crippen LogP contribution in [-0.2, 0) is 4.74 Å². The van der Waals surface area contributed by atoms with Gasteiger partial charge in [0, 0.05) is 36.8 Å².